The summed E-state index contributed by atoms with van der Waals surface area (Å²) in [7, 11) is 2.88. The van der Waals surface area contributed by atoms with Crippen molar-refractivity contribution in [3.63, 3.8) is 0 Å². The second-order valence-corrected chi connectivity index (χ2v) is 4.00. The maximum absolute atomic E-state index is 11.4. The van der Waals surface area contributed by atoms with Gasteiger partial charge in [-0.3, -0.25) is 9.59 Å². The van der Waals surface area contributed by atoms with Crippen LogP contribution in [0.5, 0.6) is 0 Å². The van der Waals surface area contributed by atoms with E-state index in [1.165, 1.54) is 26.4 Å². The van der Waals surface area contributed by atoms with Gasteiger partial charge in [-0.2, -0.15) is 0 Å². The van der Waals surface area contributed by atoms with Gasteiger partial charge in [-0.05, 0) is 12.2 Å². The number of ether oxygens (including phenoxy) is 3. The van der Waals surface area contributed by atoms with E-state index in [0.29, 0.717) is 11.5 Å². The van der Waals surface area contributed by atoms with E-state index in [0.717, 1.165) is 0 Å². The van der Waals surface area contributed by atoms with Gasteiger partial charge in [0, 0.05) is 25.0 Å². The third kappa shape index (κ3) is 2.93. The highest BCUT2D eigenvalue weighted by Gasteiger charge is 2.19. The minimum atomic E-state index is -0.0872. The van der Waals surface area contributed by atoms with Gasteiger partial charge in [0.1, 0.15) is 11.5 Å². The predicted molar refractivity (Wildman–Crippen MR) is 66.7 cm³/mol. The molecule has 0 saturated heterocycles. The molecule has 0 saturated carbocycles. The average Bonchev–Trinajstić information content (AvgIpc) is 2.43. The monoisotopic (exact) mass is 262 g/mol. The van der Waals surface area contributed by atoms with Crippen molar-refractivity contribution in [1.82, 2.24) is 0 Å². The molecular formula is C14H14O5. The van der Waals surface area contributed by atoms with Crippen LogP contribution in [0.15, 0.2) is 47.3 Å². The van der Waals surface area contributed by atoms with Crippen LogP contribution < -0.4 is 0 Å². The van der Waals surface area contributed by atoms with E-state index in [2.05, 4.69) is 0 Å². The molecule has 2 rings (SSSR count). The summed E-state index contributed by atoms with van der Waals surface area (Å²) in [5.41, 5.74) is 0. The van der Waals surface area contributed by atoms with E-state index in [1.807, 2.05) is 0 Å². The number of allylic oxidation sites excluding steroid dienone is 6. The molecule has 0 spiro atoms. The van der Waals surface area contributed by atoms with Crippen LogP contribution in [0.1, 0.15) is 12.8 Å². The van der Waals surface area contributed by atoms with Crippen molar-refractivity contribution >= 4 is 11.6 Å². The van der Waals surface area contributed by atoms with Crippen LogP contribution in [0.4, 0.5) is 0 Å². The lowest BCUT2D eigenvalue weighted by Gasteiger charge is -2.16. The van der Waals surface area contributed by atoms with Crippen LogP contribution >= 0.6 is 0 Å². The summed E-state index contributed by atoms with van der Waals surface area (Å²) in [4.78, 5) is 22.8. The number of ketones is 2. The minimum absolute atomic E-state index is 0.0872. The Morgan fingerprint density at radius 3 is 1.63 bits per heavy atom. The number of hydrogen-bond donors (Lipinski definition) is 0. The summed E-state index contributed by atoms with van der Waals surface area (Å²) in [6, 6.07) is 0. The first-order chi connectivity index (χ1) is 9.13. The standard InChI is InChI=1S/C14H14O5/c1-17-13-7-9(3-5-11(13)15)19-10-4-6-12(16)14(8-10)18-2/h3-4,7-8H,5-6H2,1-2H3. The maximum Gasteiger partial charge on any atom is 0.201 e. The van der Waals surface area contributed by atoms with E-state index in [1.54, 1.807) is 12.2 Å². The normalized spacial score (nSPS) is 19.1. The number of methoxy groups -OCH3 is 2. The fraction of sp³-hybridized carbons (Fsp3) is 0.286. The van der Waals surface area contributed by atoms with E-state index in [-0.39, 0.29) is 35.9 Å². The smallest absolute Gasteiger partial charge is 0.201 e. The molecule has 5 heteroatoms. The zero-order valence-corrected chi connectivity index (χ0v) is 10.8. The third-order valence-electron chi connectivity index (χ3n) is 2.75. The third-order valence-corrected chi connectivity index (χ3v) is 2.75. The number of carbonyl (C=O) groups excluding carboxylic acids is 2. The lowest BCUT2D eigenvalue weighted by atomic mass is 10.1. The fourth-order valence-electron chi connectivity index (χ4n) is 1.75. The van der Waals surface area contributed by atoms with E-state index in [9.17, 15) is 9.59 Å². The Hall–Kier alpha value is -2.30. The quantitative estimate of drug-likeness (QED) is 0.772. The van der Waals surface area contributed by atoms with Gasteiger partial charge < -0.3 is 14.2 Å². The molecule has 5 nitrogen and oxygen atoms in total. The van der Waals surface area contributed by atoms with Gasteiger partial charge >= 0.3 is 0 Å². The van der Waals surface area contributed by atoms with E-state index < -0.39 is 0 Å². The van der Waals surface area contributed by atoms with Crippen LogP contribution in [-0.2, 0) is 23.8 Å². The molecule has 0 N–H and O–H groups in total. The summed E-state index contributed by atoms with van der Waals surface area (Å²) in [5.74, 6) is 1.39. The SMILES string of the molecule is COC1=CC(OC2=CCC(=O)C(OC)=C2)=CCC1=O. The number of carbonyl (C=O) groups is 2. The molecule has 0 aliphatic heterocycles. The van der Waals surface area contributed by atoms with Gasteiger partial charge in [-0.15, -0.1) is 0 Å². The molecule has 0 heterocycles. The molecule has 0 unspecified atom stereocenters. The first-order valence-electron chi connectivity index (χ1n) is 5.80. The Morgan fingerprint density at radius 2 is 1.26 bits per heavy atom. The second kappa shape index (κ2) is 5.56. The Kier molecular flexibility index (Phi) is 3.85. The van der Waals surface area contributed by atoms with Crippen LogP contribution in [0.3, 0.4) is 0 Å². The van der Waals surface area contributed by atoms with Crippen molar-refractivity contribution in [3.05, 3.63) is 47.3 Å². The van der Waals surface area contributed by atoms with Crippen LogP contribution in [0.2, 0.25) is 0 Å². The van der Waals surface area contributed by atoms with Gasteiger partial charge in [-0.1, -0.05) is 0 Å². The molecule has 0 radical (unpaired) electrons. The average molecular weight is 262 g/mol. The van der Waals surface area contributed by atoms with Gasteiger partial charge in [0.15, 0.2) is 11.5 Å². The van der Waals surface area contributed by atoms with Crippen molar-refractivity contribution in [3.8, 4) is 0 Å². The van der Waals surface area contributed by atoms with Crippen molar-refractivity contribution in [2.45, 2.75) is 12.8 Å². The molecule has 0 fully saturated rings. The van der Waals surface area contributed by atoms with Gasteiger partial charge in [0.25, 0.3) is 0 Å². The zero-order valence-electron chi connectivity index (χ0n) is 10.8. The van der Waals surface area contributed by atoms with Crippen molar-refractivity contribution in [2.75, 3.05) is 14.2 Å². The van der Waals surface area contributed by atoms with E-state index >= 15 is 0 Å². The Labute approximate surface area is 110 Å². The predicted octanol–water partition coefficient (Wildman–Crippen LogP) is 1.78. The van der Waals surface area contributed by atoms with Crippen molar-refractivity contribution < 1.29 is 23.8 Å². The summed E-state index contributed by atoms with van der Waals surface area (Å²) in [6.45, 7) is 0. The van der Waals surface area contributed by atoms with Crippen molar-refractivity contribution in [1.29, 1.82) is 0 Å². The summed E-state index contributed by atoms with van der Waals surface area (Å²) in [6.07, 6.45) is 6.88. The second-order valence-electron chi connectivity index (χ2n) is 4.00. The lowest BCUT2D eigenvalue weighted by Crippen LogP contribution is -2.11. The lowest BCUT2D eigenvalue weighted by molar-refractivity contribution is -0.118. The highest BCUT2D eigenvalue weighted by molar-refractivity contribution is 5.96. The number of rotatable bonds is 4. The van der Waals surface area contributed by atoms with Gasteiger partial charge in [0.2, 0.25) is 11.6 Å². The van der Waals surface area contributed by atoms with E-state index in [4.69, 9.17) is 14.2 Å². The van der Waals surface area contributed by atoms with Gasteiger partial charge in [-0.25, -0.2) is 0 Å². The number of hydrogen-bond acceptors (Lipinski definition) is 5. The maximum atomic E-state index is 11.4. The molecular weight excluding hydrogens is 248 g/mol. The van der Waals surface area contributed by atoms with Gasteiger partial charge in [0.05, 0.1) is 14.2 Å². The van der Waals surface area contributed by atoms with Crippen LogP contribution in [-0.4, -0.2) is 25.8 Å². The molecule has 2 aliphatic rings. The minimum Gasteiger partial charge on any atom is -0.493 e. The molecule has 0 aromatic carbocycles. The summed E-state index contributed by atoms with van der Waals surface area (Å²) in [5, 5.41) is 0. The molecule has 2 aliphatic carbocycles. The molecule has 19 heavy (non-hydrogen) atoms. The first kappa shape index (κ1) is 13.1. The van der Waals surface area contributed by atoms with Crippen LogP contribution in [0, 0.1) is 0 Å². The molecule has 0 aromatic rings. The summed E-state index contributed by atoms with van der Waals surface area (Å²) >= 11 is 0. The largest absolute Gasteiger partial charge is 0.493 e. The first-order valence-corrected chi connectivity index (χ1v) is 5.80. The molecule has 0 atom stereocenters. The highest BCUT2D eigenvalue weighted by atomic mass is 16.5. The summed E-state index contributed by atoms with van der Waals surface area (Å²) < 4.78 is 15.5. The molecule has 0 aromatic heterocycles. The van der Waals surface area contributed by atoms with Crippen LogP contribution in [0.25, 0.3) is 0 Å². The Morgan fingerprint density at radius 1 is 0.842 bits per heavy atom. The Bertz CT molecular complexity index is 486. The topological polar surface area (TPSA) is 61.8 Å². The molecule has 0 bridgehead atoms. The number of Topliss-reactive ketones (excluding diaryl/α,β-unsaturated/α-hetero) is 2. The molecule has 100 valence electrons. The zero-order chi connectivity index (χ0) is 13.8. The fourth-order valence-corrected chi connectivity index (χ4v) is 1.75. The molecule has 0 amide bonds. The highest BCUT2D eigenvalue weighted by Crippen LogP contribution is 2.22. The van der Waals surface area contributed by atoms with Crippen molar-refractivity contribution in [2.24, 2.45) is 0 Å². The Balaban J connectivity index is 2.11.